The van der Waals surface area contributed by atoms with Gasteiger partial charge in [-0.3, -0.25) is 4.79 Å². The summed E-state index contributed by atoms with van der Waals surface area (Å²) in [5, 5.41) is 12.2. The summed E-state index contributed by atoms with van der Waals surface area (Å²) in [6.07, 6.45) is -0.558. The SMILES string of the molecule is CC(O)C(N)CNc1ccc(C(N)=O)cc1. The third kappa shape index (κ3) is 3.52. The van der Waals surface area contributed by atoms with E-state index in [0.29, 0.717) is 12.1 Å². The van der Waals surface area contributed by atoms with Crippen LogP contribution in [-0.2, 0) is 0 Å². The van der Waals surface area contributed by atoms with Gasteiger partial charge in [0.05, 0.1) is 6.10 Å². The fourth-order valence-corrected chi connectivity index (χ4v) is 1.16. The Balaban J connectivity index is 2.53. The molecule has 2 atom stereocenters. The van der Waals surface area contributed by atoms with Gasteiger partial charge in [0.2, 0.25) is 5.91 Å². The number of aliphatic hydroxyl groups is 1. The van der Waals surface area contributed by atoms with E-state index in [2.05, 4.69) is 5.32 Å². The first-order valence-corrected chi connectivity index (χ1v) is 5.08. The van der Waals surface area contributed by atoms with Crippen molar-refractivity contribution in [1.82, 2.24) is 0 Å². The van der Waals surface area contributed by atoms with Gasteiger partial charge in [0.1, 0.15) is 0 Å². The highest BCUT2D eigenvalue weighted by atomic mass is 16.3. The molecule has 1 aromatic rings. The van der Waals surface area contributed by atoms with Crippen LogP contribution in [0.3, 0.4) is 0 Å². The normalized spacial score (nSPS) is 14.2. The summed E-state index contributed by atoms with van der Waals surface area (Å²) in [7, 11) is 0. The van der Waals surface area contributed by atoms with Gasteiger partial charge in [-0.25, -0.2) is 0 Å². The van der Waals surface area contributed by atoms with E-state index in [1.165, 1.54) is 0 Å². The van der Waals surface area contributed by atoms with Crippen LogP contribution in [0.5, 0.6) is 0 Å². The molecule has 0 aliphatic rings. The van der Waals surface area contributed by atoms with Gasteiger partial charge in [0.25, 0.3) is 0 Å². The van der Waals surface area contributed by atoms with E-state index < -0.39 is 12.0 Å². The molecular weight excluding hydrogens is 206 g/mol. The molecule has 0 aliphatic heterocycles. The molecule has 2 unspecified atom stereocenters. The number of rotatable bonds is 5. The summed E-state index contributed by atoms with van der Waals surface area (Å²) in [6, 6.07) is 6.44. The maximum absolute atomic E-state index is 10.8. The molecule has 0 radical (unpaired) electrons. The van der Waals surface area contributed by atoms with Gasteiger partial charge in [-0.15, -0.1) is 0 Å². The Labute approximate surface area is 94.4 Å². The van der Waals surface area contributed by atoms with E-state index in [1.54, 1.807) is 31.2 Å². The largest absolute Gasteiger partial charge is 0.392 e. The Bertz CT molecular complexity index is 349. The van der Waals surface area contributed by atoms with Gasteiger partial charge in [-0.05, 0) is 31.2 Å². The minimum atomic E-state index is -0.558. The molecule has 6 N–H and O–H groups in total. The van der Waals surface area contributed by atoms with Crippen LogP contribution in [0.2, 0.25) is 0 Å². The summed E-state index contributed by atoms with van der Waals surface area (Å²) < 4.78 is 0. The maximum atomic E-state index is 10.8. The van der Waals surface area contributed by atoms with Crippen molar-refractivity contribution >= 4 is 11.6 Å². The molecular formula is C11H17N3O2. The van der Waals surface area contributed by atoms with Crippen molar-refractivity contribution < 1.29 is 9.90 Å². The fourth-order valence-electron chi connectivity index (χ4n) is 1.16. The number of amides is 1. The monoisotopic (exact) mass is 223 g/mol. The van der Waals surface area contributed by atoms with Crippen LogP contribution in [0, 0.1) is 0 Å². The van der Waals surface area contributed by atoms with Gasteiger partial charge in [-0.2, -0.15) is 0 Å². The second-order valence-corrected chi connectivity index (χ2v) is 3.73. The molecule has 0 saturated heterocycles. The number of primary amides is 1. The molecule has 0 bridgehead atoms. The number of hydrogen-bond donors (Lipinski definition) is 4. The van der Waals surface area contributed by atoms with Gasteiger partial charge in [0.15, 0.2) is 0 Å². The van der Waals surface area contributed by atoms with Crippen molar-refractivity contribution in [3.63, 3.8) is 0 Å². The van der Waals surface area contributed by atoms with Gasteiger partial charge in [-0.1, -0.05) is 0 Å². The molecule has 0 saturated carbocycles. The average molecular weight is 223 g/mol. The smallest absolute Gasteiger partial charge is 0.248 e. The number of benzene rings is 1. The van der Waals surface area contributed by atoms with E-state index in [-0.39, 0.29) is 6.04 Å². The molecule has 88 valence electrons. The van der Waals surface area contributed by atoms with E-state index >= 15 is 0 Å². The molecule has 5 heteroatoms. The molecule has 16 heavy (non-hydrogen) atoms. The zero-order chi connectivity index (χ0) is 12.1. The van der Waals surface area contributed by atoms with Crippen molar-refractivity contribution in [3.8, 4) is 0 Å². The summed E-state index contributed by atoms with van der Waals surface area (Å²) in [5.74, 6) is -0.452. The quantitative estimate of drug-likeness (QED) is 0.560. The van der Waals surface area contributed by atoms with Crippen molar-refractivity contribution in [2.75, 3.05) is 11.9 Å². The zero-order valence-corrected chi connectivity index (χ0v) is 9.18. The van der Waals surface area contributed by atoms with Crippen molar-refractivity contribution in [1.29, 1.82) is 0 Å². The number of carbonyl (C=O) groups excluding carboxylic acids is 1. The Hall–Kier alpha value is -1.59. The Morgan fingerprint density at radius 2 is 2.00 bits per heavy atom. The van der Waals surface area contributed by atoms with Crippen LogP contribution in [-0.4, -0.2) is 29.7 Å². The molecule has 5 nitrogen and oxygen atoms in total. The van der Waals surface area contributed by atoms with Crippen LogP contribution >= 0.6 is 0 Å². The summed E-state index contributed by atoms with van der Waals surface area (Å²) in [5.41, 5.74) is 12.1. The number of carbonyl (C=O) groups is 1. The topological polar surface area (TPSA) is 101 Å². The Kier molecular flexibility index (Phi) is 4.28. The second kappa shape index (κ2) is 5.48. The van der Waals surface area contributed by atoms with Crippen LogP contribution in [0.15, 0.2) is 24.3 Å². The van der Waals surface area contributed by atoms with Gasteiger partial charge >= 0.3 is 0 Å². The van der Waals surface area contributed by atoms with Crippen molar-refractivity contribution in [2.24, 2.45) is 11.5 Å². The molecule has 1 aromatic carbocycles. The summed E-state index contributed by atoms with van der Waals surface area (Å²) in [6.45, 7) is 2.11. The fraction of sp³-hybridized carbons (Fsp3) is 0.364. The predicted octanol–water partition coefficient (Wildman–Crippen LogP) is -0.0945. The highest BCUT2D eigenvalue weighted by Gasteiger charge is 2.08. The minimum Gasteiger partial charge on any atom is -0.392 e. The first-order valence-electron chi connectivity index (χ1n) is 5.08. The number of nitrogens with two attached hydrogens (primary N) is 2. The van der Waals surface area contributed by atoms with E-state index in [0.717, 1.165) is 5.69 Å². The number of hydrogen-bond acceptors (Lipinski definition) is 4. The molecule has 0 aliphatic carbocycles. The minimum absolute atomic E-state index is 0.323. The lowest BCUT2D eigenvalue weighted by Crippen LogP contribution is -2.38. The third-order valence-electron chi connectivity index (χ3n) is 2.33. The first-order chi connectivity index (χ1) is 7.50. The van der Waals surface area contributed by atoms with E-state index in [9.17, 15) is 9.90 Å². The number of aliphatic hydroxyl groups excluding tert-OH is 1. The van der Waals surface area contributed by atoms with Crippen molar-refractivity contribution in [2.45, 2.75) is 19.1 Å². The number of nitrogens with one attached hydrogen (secondary N) is 1. The standard InChI is InChI=1S/C11H17N3O2/c1-7(15)10(12)6-14-9-4-2-8(3-5-9)11(13)16/h2-5,7,10,14-15H,6,12H2,1H3,(H2,13,16). The lowest BCUT2D eigenvalue weighted by molar-refractivity contribution is 0.100. The van der Waals surface area contributed by atoms with E-state index in [4.69, 9.17) is 11.5 Å². The highest BCUT2D eigenvalue weighted by molar-refractivity contribution is 5.93. The van der Waals surface area contributed by atoms with Crippen LogP contribution < -0.4 is 16.8 Å². The lowest BCUT2D eigenvalue weighted by Gasteiger charge is -2.16. The lowest BCUT2D eigenvalue weighted by atomic mass is 10.1. The van der Waals surface area contributed by atoms with Crippen molar-refractivity contribution in [3.05, 3.63) is 29.8 Å². The third-order valence-corrected chi connectivity index (χ3v) is 2.33. The molecule has 0 heterocycles. The van der Waals surface area contributed by atoms with Crippen LogP contribution in [0.1, 0.15) is 17.3 Å². The van der Waals surface area contributed by atoms with E-state index in [1.807, 2.05) is 0 Å². The van der Waals surface area contributed by atoms with Crippen LogP contribution in [0.25, 0.3) is 0 Å². The van der Waals surface area contributed by atoms with Gasteiger partial charge in [0, 0.05) is 23.8 Å². The first kappa shape index (κ1) is 12.5. The highest BCUT2D eigenvalue weighted by Crippen LogP contribution is 2.09. The second-order valence-electron chi connectivity index (χ2n) is 3.73. The Morgan fingerprint density at radius 1 is 1.44 bits per heavy atom. The number of anilines is 1. The summed E-state index contributed by atoms with van der Waals surface area (Å²) in [4.78, 5) is 10.8. The zero-order valence-electron chi connectivity index (χ0n) is 9.18. The van der Waals surface area contributed by atoms with Crippen LogP contribution in [0.4, 0.5) is 5.69 Å². The molecule has 0 spiro atoms. The Morgan fingerprint density at radius 3 is 2.44 bits per heavy atom. The molecule has 1 rings (SSSR count). The average Bonchev–Trinajstić information content (AvgIpc) is 2.26. The molecule has 0 fully saturated rings. The predicted molar refractivity (Wildman–Crippen MR) is 63.1 cm³/mol. The molecule has 1 amide bonds. The maximum Gasteiger partial charge on any atom is 0.248 e. The van der Waals surface area contributed by atoms with Gasteiger partial charge < -0.3 is 21.9 Å². The summed E-state index contributed by atoms with van der Waals surface area (Å²) >= 11 is 0. The molecule has 0 aromatic heterocycles.